The summed E-state index contributed by atoms with van der Waals surface area (Å²) < 4.78 is 6.32. The summed E-state index contributed by atoms with van der Waals surface area (Å²) in [6.45, 7) is 0.150. The van der Waals surface area contributed by atoms with Crippen molar-refractivity contribution in [2.24, 2.45) is 0 Å². The number of nitrogens with zero attached hydrogens (tertiary/aromatic N) is 4. The third kappa shape index (κ3) is 3.91. The molecule has 1 N–H and O–H groups in total. The number of ether oxygens (including phenoxy) is 1. The van der Waals surface area contributed by atoms with E-state index in [0.29, 0.717) is 27.0 Å². The van der Waals surface area contributed by atoms with Crippen molar-refractivity contribution in [1.29, 1.82) is 0 Å². The maximum absolute atomic E-state index is 13.2. The number of nitrogens with one attached hydrogen (secondary N) is 1. The molecule has 0 aliphatic heterocycles. The highest BCUT2D eigenvalue weighted by molar-refractivity contribution is 7.17. The van der Waals surface area contributed by atoms with Gasteiger partial charge in [-0.2, -0.15) is 0 Å². The second-order valence-electron chi connectivity index (χ2n) is 7.05. The van der Waals surface area contributed by atoms with Crippen LogP contribution in [0.4, 0.5) is 5.13 Å². The topological polar surface area (TPSA) is 99.0 Å². The van der Waals surface area contributed by atoms with Gasteiger partial charge in [-0.25, -0.2) is 4.98 Å². The highest BCUT2D eigenvalue weighted by Gasteiger charge is 2.16. The summed E-state index contributed by atoms with van der Waals surface area (Å²) in [6, 6.07) is 14.2. The predicted octanol–water partition coefficient (Wildman–Crippen LogP) is 3.91. The molecule has 5 rings (SSSR count). The summed E-state index contributed by atoms with van der Waals surface area (Å²) >= 11 is 2.64. The molecule has 5 aromatic rings. The van der Waals surface area contributed by atoms with Crippen molar-refractivity contribution in [3.63, 3.8) is 0 Å². The van der Waals surface area contributed by atoms with E-state index in [-0.39, 0.29) is 18.0 Å². The van der Waals surface area contributed by atoms with Crippen molar-refractivity contribution in [1.82, 2.24) is 19.7 Å². The van der Waals surface area contributed by atoms with E-state index in [2.05, 4.69) is 26.6 Å². The van der Waals surface area contributed by atoms with E-state index in [1.54, 1.807) is 7.11 Å². The van der Waals surface area contributed by atoms with Crippen molar-refractivity contribution in [2.75, 3.05) is 12.4 Å². The summed E-state index contributed by atoms with van der Waals surface area (Å²) in [7, 11) is 1.56. The first-order valence-corrected chi connectivity index (χ1v) is 11.4. The van der Waals surface area contributed by atoms with E-state index in [1.807, 2.05) is 41.8 Å². The molecular weight excluding hydrogens is 446 g/mol. The van der Waals surface area contributed by atoms with Crippen LogP contribution in [0.25, 0.3) is 32.1 Å². The number of fused-ring (bicyclic) bond motifs is 2. The molecule has 3 heterocycles. The average Bonchev–Trinajstić information content (AvgIpc) is 3.43. The molecule has 0 atom stereocenters. The molecule has 0 aliphatic carbocycles. The molecule has 0 bridgehead atoms. The Bertz CT molecular complexity index is 1500. The largest absolute Gasteiger partial charge is 0.377 e. The number of rotatable bonds is 6. The minimum atomic E-state index is -0.379. The van der Waals surface area contributed by atoms with E-state index >= 15 is 0 Å². The highest BCUT2D eigenvalue weighted by atomic mass is 32.1. The number of thiophene rings is 1. The van der Waals surface area contributed by atoms with Crippen LogP contribution < -0.4 is 10.9 Å². The van der Waals surface area contributed by atoms with Gasteiger partial charge in [0.1, 0.15) is 23.0 Å². The summed E-state index contributed by atoms with van der Waals surface area (Å²) in [4.78, 5) is 30.8. The number of carbonyl (C=O) groups is 1. The third-order valence-corrected chi connectivity index (χ3v) is 6.61. The normalized spacial score (nSPS) is 11.3. The number of benzene rings is 2. The van der Waals surface area contributed by atoms with Crippen molar-refractivity contribution in [2.45, 2.75) is 13.2 Å². The van der Waals surface area contributed by atoms with E-state index < -0.39 is 0 Å². The fraction of sp³-hybridized carbons (Fsp3) is 0.136. The molecule has 0 saturated heterocycles. The first-order chi connectivity index (χ1) is 15.6. The van der Waals surface area contributed by atoms with Gasteiger partial charge in [-0.15, -0.1) is 21.5 Å². The smallest absolute Gasteiger partial charge is 0.263 e. The molecular formula is C22H17N5O3S2. The van der Waals surface area contributed by atoms with E-state index in [0.717, 1.165) is 21.9 Å². The number of carbonyl (C=O) groups excluding carboxylic acids is 1. The molecule has 1 amide bonds. The fourth-order valence-corrected chi connectivity index (χ4v) is 5.08. The standard InChI is InChI=1S/C22H17N5O3S2/c1-30-10-18-25-26-22(32-18)24-17(28)9-27-12-23-20-19(21(27)29)16(11-31-20)15-7-6-13-4-2-3-5-14(13)8-15/h2-8,11-12H,9-10H2,1H3,(H,24,26,28). The average molecular weight is 464 g/mol. The molecule has 0 spiro atoms. The Balaban J connectivity index is 1.45. The predicted molar refractivity (Wildman–Crippen MR) is 126 cm³/mol. The molecule has 0 fully saturated rings. The second-order valence-corrected chi connectivity index (χ2v) is 8.97. The number of hydrogen-bond acceptors (Lipinski definition) is 8. The van der Waals surface area contributed by atoms with Crippen LogP contribution in [0, 0.1) is 0 Å². The van der Waals surface area contributed by atoms with Gasteiger partial charge in [0.25, 0.3) is 5.56 Å². The second kappa shape index (κ2) is 8.58. The Hall–Kier alpha value is -3.47. The van der Waals surface area contributed by atoms with Gasteiger partial charge in [0.2, 0.25) is 11.0 Å². The highest BCUT2D eigenvalue weighted by Crippen LogP contribution is 2.32. The van der Waals surface area contributed by atoms with Crippen molar-refractivity contribution in [3.05, 3.63) is 69.5 Å². The van der Waals surface area contributed by atoms with Crippen LogP contribution in [0.1, 0.15) is 5.01 Å². The molecule has 0 unspecified atom stereocenters. The van der Waals surface area contributed by atoms with Crippen LogP contribution >= 0.6 is 22.7 Å². The van der Waals surface area contributed by atoms with Gasteiger partial charge >= 0.3 is 0 Å². The van der Waals surface area contributed by atoms with E-state index in [9.17, 15) is 9.59 Å². The molecule has 0 aliphatic rings. The van der Waals surface area contributed by atoms with Crippen LogP contribution in [-0.4, -0.2) is 32.8 Å². The Kier molecular flexibility index (Phi) is 5.48. The van der Waals surface area contributed by atoms with E-state index in [4.69, 9.17) is 4.74 Å². The maximum Gasteiger partial charge on any atom is 0.263 e. The SMILES string of the molecule is COCc1nnc(NC(=O)Cn2cnc3scc(-c4ccc5ccccc5c4)c3c2=O)s1. The minimum Gasteiger partial charge on any atom is -0.377 e. The summed E-state index contributed by atoms with van der Waals surface area (Å²) in [5.41, 5.74) is 1.50. The number of methoxy groups -OCH3 is 1. The molecule has 10 heteroatoms. The zero-order chi connectivity index (χ0) is 22.1. The van der Waals surface area contributed by atoms with Crippen LogP contribution in [-0.2, 0) is 22.7 Å². The molecule has 0 saturated carbocycles. The first kappa shape index (κ1) is 20.4. The summed E-state index contributed by atoms with van der Waals surface area (Å²) in [6.07, 6.45) is 1.40. The maximum atomic E-state index is 13.2. The van der Waals surface area contributed by atoms with Crippen LogP contribution in [0.3, 0.4) is 0 Å². The zero-order valence-electron chi connectivity index (χ0n) is 16.9. The van der Waals surface area contributed by atoms with Gasteiger partial charge in [-0.05, 0) is 22.4 Å². The fourth-order valence-electron chi connectivity index (χ4n) is 3.45. The molecule has 8 nitrogen and oxygen atoms in total. The lowest BCUT2D eigenvalue weighted by atomic mass is 10.0. The summed E-state index contributed by atoms with van der Waals surface area (Å²) in [5, 5.41) is 16.2. The van der Waals surface area contributed by atoms with Gasteiger partial charge < -0.3 is 4.74 Å². The lowest BCUT2D eigenvalue weighted by Gasteiger charge is -2.06. The zero-order valence-corrected chi connectivity index (χ0v) is 18.6. The van der Waals surface area contributed by atoms with Crippen LogP contribution in [0.15, 0.2) is 59.0 Å². The van der Waals surface area contributed by atoms with Crippen LogP contribution in [0.2, 0.25) is 0 Å². The number of aromatic nitrogens is 4. The van der Waals surface area contributed by atoms with Gasteiger partial charge in [0, 0.05) is 18.1 Å². The number of hydrogen-bond donors (Lipinski definition) is 1. The Morgan fingerprint density at radius 3 is 2.84 bits per heavy atom. The number of anilines is 1. The van der Waals surface area contributed by atoms with Gasteiger partial charge in [-0.1, -0.05) is 47.7 Å². The van der Waals surface area contributed by atoms with E-state index in [1.165, 1.54) is 33.6 Å². The Morgan fingerprint density at radius 1 is 1.16 bits per heavy atom. The molecule has 2 aromatic carbocycles. The van der Waals surface area contributed by atoms with Gasteiger partial charge in [0.15, 0.2) is 0 Å². The van der Waals surface area contributed by atoms with Gasteiger partial charge in [0.05, 0.1) is 11.7 Å². The lowest BCUT2D eigenvalue weighted by molar-refractivity contribution is -0.116. The Morgan fingerprint density at radius 2 is 2.00 bits per heavy atom. The number of amides is 1. The van der Waals surface area contributed by atoms with Crippen molar-refractivity contribution < 1.29 is 9.53 Å². The van der Waals surface area contributed by atoms with Crippen LogP contribution in [0.5, 0.6) is 0 Å². The third-order valence-electron chi connectivity index (χ3n) is 4.92. The monoisotopic (exact) mass is 463 g/mol. The van der Waals surface area contributed by atoms with Gasteiger partial charge in [-0.3, -0.25) is 19.5 Å². The minimum absolute atomic E-state index is 0.173. The first-order valence-electron chi connectivity index (χ1n) is 9.69. The molecule has 0 radical (unpaired) electrons. The molecule has 3 aromatic heterocycles. The Labute approximate surface area is 190 Å². The van der Waals surface area contributed by atoms with Crippen molar-refractivity contribution >= 4 is 54.7 Å². The molecule has 160 valence electrons. The lowest BCUT2D eigenvalue weighted by Crippen LogP contribution is -2.27. The van der Waals surface area contributed by atoms with Crippen molar-refractivity contribution in [3.8, 4) is 11.1 Å². The molecule has 32 heavy (non-hydrogen) atoms. The summed E-state index contributed by atoms with van der Waals surface area (Å²) in [5.74, 6) is -0.379. The quantitative estimate of drug-likeness (QED) is 0.410.